The first kappa shape index (κ1) is 15.8. The summed E-state index contributed by atoms with van der Waals surface area (Å²) >= 11 is 0. The monoisotopic (exact) mass is 280 g/mol. The van der Waals surface area contributed by atoms with Gasteiger partial charge in [-0.1, -0.05) is 13.0 Å². The summed E-state index contributed by atoms with van der Waals surface area (Å²) in [6.45, 7) is 1.01. The van der Waals surface area contributed by atoms with Crippen LogP contribution in [0.25, 0.3) is 0 Å². The number of alkyl halides is 4. The Morgan fingerprint density at radius 1 is 1.42 bits per heavy atom. The van der Waals surface area contributed by atoms with Gasteiger partial charge in [0.05, 0.1) is 12.6 Å². The molecule has 1 heterocycles. The molecule has 0 aromatic carbocycles. The third-order valence-electron chi connectivity index (χ3n) is 2.44. The van der Waals surface area contributed by atoms with Crippen LogP contribution in [0.5, 0.6) is 0 Å². The molecule has 108 valence electrons. The van der Waals surface area contributed by atoms with Gasteiger partial charge in [0, 0.05) is 12.4 Å². The van der Waals surface area contributed by atoms with E-state index < -0.39 is 19.0 Å². The second-order valence-corrected chi connectivity index (χ2v) is 3.97. The summed E-state index contributed by atoms with van der Waals surface area (Å²) in [5.41, 5.74) is 0.754. The lowest BCUT2D eigenvalue weighted by atomic mass is 10.1. The molecule has 0 radical (unpaired) electrons. The number of nitrogens with zero attached hydrogens (tertiary/aromatic N) is 1. The molecule has 0 fully saturated rings. The largest absolute Gasteiger partial charge is 0.373 e. The summed E-state index contributed by atoms with van der Waals surface area (Å²) < 4.78 is 54.0. The SMILES string of the molecule is CCNC(COCC(F)(F)C(F)F)c1cccnc1. The Balaban J connectivity index is 2.52. The number of likely N-dealkylation sites (N-methyl/N-ethyl adjacent to an activating group) is 1. The van der Waals surface area contributed by atoms with Crippen LogP contribution < -0.4 is 5.32 Å². The molecule has 1 unspecified atom stereocenters. The fraction of sp³-hybridized carbons (Fsp3) is 0.583. The Kier molecular flexibility index (Phi) is 6.17. The average molecular weight is 280 g/mol. The molecule has 0 spiro atoms. The minimum Gasteiger partial charge on any atom is -0.373 e. The first-order chi connectivity index (χ1) is 8.97. The highest BCUT2D eigenvalue weighted by molar-refractivity contribution is 5.13. The van der Waals surface area contributed by atoms with Gasteiger partial charge in [0.25, 0.3) is 0 Å². The van der Waals surface area contributed by atoms with Crippen LogP contribution in [0, 0.1) is 0 Å². The van der Waals surface area contributed by atoms with Gasteiger partial charge in [-0.2, -0.15) is 8.78 Å². The second kappa shape index (κ2) is 7.40. The van der Waals surface area contributed by atoms with Crippen LogP contribution in [-0.2, 0) is 4.74 Å². The fourth-order valence-electron chi connectivity index (χ4n) is 1.48. The minimum absolute atomic E-state index is 0.123. The molecule has 1 atom stereocenters. The summed E-state index contributed by atoms with van der Waals surface area (Å²) in [4.78, 5) is 3.91. The van der Waals surface area contributed by atoms with Gasteiger partial charge in [-0.15, -0.1) is 0 Å². The third kappa shape index (κ3) is 5.12. The summed E-state index contributed by atoms with van der Waals surface area (Å²) in [5, 5.41) is 3.02. The first-order valence-electron chi connectivity index (χ1n) is 5.84. The molecule has 0 saturated carbocycles. The van der Waals surface area contributed by atoms with Gasteiger partial charge in [0.2, 0.25) is 0 Å². The van der Waals surface area contributed by atoms with E-state index in [4.69, 9.17) is 4.74 Å². The highest BCUT2D eigenvalue weighted by atomic mass is 19.3. The Hall–Kier alpha value is -1.21. The fourth-order valence-corrected chi connectivity index (χ4v) is 1.48. The number of hydrogen-bond acceptors (Lipinski definition) is 3. The van der Waals surface area contributed by atoms with Crippen LogP contribution in [0.3, 0.4) is 0 Å². The van der Waals surface area contributed by atoms with Gasteiger partial charge in [0.15, 0.2) is 0 Å². The Labute approximate surface area is 109 Å². The molecule has 1 aromatic rings. The summed E-state index contributed by atoms with van der Waals surface area (Å²) in [6, 6.07) is 3.11. The first-order valence-corrected chi connectivity index (χ1v) is 5.84. The number of rotatable bonds is 8. The predicted molar refractivity (Wildman–Crippen MR) is 62.4 cm³/mol. The number of aromatic nitrogens is 1. The maximum absolute atomic E-state index is 12.7. The van der Waals surface area contributed by atoms with E-state index >= 15 is 0 Å². The molecule has 0 saturated heterocycles. The molecule has 0 aliphatic heterocycles. The van der Waals surface area contributed by atoms with Gasteiger partial charge in [-0.25, -0.2) is 8.78 Å². The van der Waals surface area contributed by atoms with E-state index in [0.717, 1.165) is 5.56 Å². The molecule has 0 aliphatic rings. The van der Waals surface area contributed by atoms with E-state index in [2.05, 4.69) is 10.3 Å². The minimum atomic E-state index is -4.12. The van der Waals surface area contributed by atoms with Gasteiger partial charge in [0.1, 0.15) is 6.61 Å². The molecule has 0 amide bonds. The topological polar surface area (TPSA) is 34.1 Å². The van der Waals surface area contributed by atoms with E-state index in [-0.39, 0.29) is 12.6 Å². The number of ether oxygens (including phenoxy) is 1. The van der Waals surface area contributed by atoms with Crippen LogP contribution in [0.4, 0.5) is 17.6 Å². The van der Waals surface area contributed by atoms with Crippen molar-refractivity contribution in [2.24, 2.45) is 0 Å². The summed E-state index contributed by atoms with van der Waals surface area (Å²) in [6.07, 6.45) is -0.566. The molecule has 1 rings (SSSR count). The number of pyridine rings is 1. The lowest BCUT2D eigenvalue weighted by Gasteiger charge is -2.20. The molecular formula is C12H16F4N2O. The van der Waals surface area contributed by atoms with Crippen LogP contribution in [0.15, 0.2) is 24.5 Å². The lowest BCUT2D eigenvalue weighted by Crippen LogP contribution is -2.34. The van der Waals surface area contributed by atoms with Crippen molar-refractivity contribution in [3.05, 3.63) is 30.1 Å². The zero-order chi connectivity index (χ0) is 14.3. The van der Waals surface area contributed by atoms with Crippen LogP contribution >= 0.6 is 0 Å². The molecule has 1 aromatic heterocycles. The van der Waals surface area contributed by atoms with E-state index in [9.17, 15) is 17.6 Å². The van der Waals surface area contributed by atoms with Crippen molar-refractivity contribution < 1.29 is 22.3 Å². The number of hydrogen-bond donors (Lipinski definition) is 1. The Morgan fingerprint density at radius 2 is 2.16 bits per heavy atom. The zero-order valence-corrected chi connectivity index (χ0v) is 10.5. The second-order valence-electron chi connectivity index (χ2n) is 3.97. The predicted octanol–water partition coefficient (Wildman–Crippen LogP) is 2.65. The molecule has 7 heteroatoms. The quantitative estimate of drug-likeness (QED) is 0.743. The van der Waals surface area contributed by atoms with E-state index in [0.29, 0.717) is 6.54 Å². The van der Waals surface area contributed by atoms with Gasteiger partial charge in [-0.3, -0.25) is 4.98 Å². The molecular weight excluding hydrogens is 264 g/mol. The molecule has 0 aliphatic carbocycles. The van der Waals surface area contributed by atoms with Crippen molar-refractivity contribution in [1.82, 2.24) is 10.3 Å². The van der Waals surface area contributed by atoms with Gasteiger partial charge in [-0.05, 0) is 18.2 Å². The van der Waals surface area contributed by atoms with E-state index in [1.807, 2.05) is 6.92 Å². The number of halogens is 4. The maximum Gasteiger partial charge on any atom is 0.330 e. The van der Waals surface area contributed by atoms with Crippen LogP contribution in [0.2, 0.25) is 0 Å². The average Bonchev–Trinajstić information content (AvgIpc) is 2.38. The Morgan fingerprint density at radius 3 is 2.68 bits per heavy atom. The van der Waals surface area contributed by atoms with E-state index in [1.165, 1.54) is 0 Å². The zero-order valence-electron chi connectivity index (χ0n) is 10.5. The lowest BCUT2D eigenvalue weighted by molar-refractivity contribution is -0.167. The smallest absolute Gasteiger partial charge is 0.330 e. The standard InChI is InChI=1S/C12H16F4N2O/c1-2-18-10(9-4-3-5-17-6-9)7-19-8-12(15,16)11(13)14/h3-6,10-11,18H,2,7-8H2,1H3. The highest BCUT2D eigenvalue weighted by Gasteiger charge is 2.41. The van der Waals surface area contributed by atoms with E-state index in [1.54, 1.807) is 24.5 Å². The van der Waals surface area contributed by atoms with Gasteiger partial charge < -0.3 is 10.1 Å². The van der Waals surface area contributed by atoms with Crippen molar-refractivity contribution in [2.45, 2.75) is 25.3 Å². The molecule has 0 bridgehead atoms. The maximum atomic E-state index is 12.7. The van der Waals surface area contributed by atoms with Crippen molar-refractivity contribution >= 4 is 0 Å². The summed E-state index contributed by atoms with van der Waals surface area (Å²) in [7, 11) is 0. The van der Waals surface area contributed by atoms with Crippen molar-refractivity contribution in [1.29, 1.82) is 0 Å². The van der Waals surface area contributed by atoms with Crippen LogP contribution in [0.1, 0.15) is 18.5 Å². The van der Waals surface area contributed by atoms with Gasteiger partial charge >= 0.3 is 12.3 Å². The normalized spacial score (nSPS) is 13.8. The van der Waals surface area contributed by atoms with Crippen molar-refractivity contribution in [2.75, 3.05) is 19.8 Å². The van der Waals surface area contributed by atoms with Crippen molar-refractivity contribution in [3.63, 3.8) is 0 Å². The van der Waals surface area contributed by atoms with Crippen molar-refractivity contribution in [3.8, 4) is 0 Å². The van der Waals surface area contributed by atoms with Crippen LogP contribution in [-0.4, -0.2) is 37.1 Å². The molecule has 19 heavy (non-hydrogen) atoms. The molecule has 3 nitrogen and oxygen atoms in total. The summed E-state index contributed by atoms with van der Waals surface area (Å²) in [5.74, 6) is -4.12. The highest BCUT2D eigenvalue weighted by Crippen LogP contribution is 2.23. The third-order valence-corrected chi connectivity index (χ3v) is 2.44. The number of nitrogens with one attached hydrogen (secondary N) is 1. The molecule has 1 N–H and O–H groups in total. The Bertz CT molecular complexity index is 362.